The Hall–Kier alpha value is -3.88. The molecule has 9 nitrogen and oxygen atoms in total. The van der Waals surface area contributed by atoms with Crippen LogP contribution in [0.2, 0.25) is 0 Å². The predicted octanol–water partition coefficient (Wildman–Crippen LogP) is 4.57. The van der Waals surface area contributed by atoms with Crippen LogP contribution in [0, 0.1) is 0 Å². The minimum absolute atomic E-state index is 0.0641. The van der Waals surface area contributed by atoms with Gasteiger partial charge < -0.3 is 15.4 Å². The summed E-state index contributed by atoms with van der Waals surface area (Å²) in [6.07, 6.45) is 9.70. The van der Waals surface area contributed by atoms with Crippen LogP contribution in [-0.2, 0) is 7.05 Å². The zero-order valence-electron chi connectivity index (χ0n) is 21.2. The third-order valence-corrected chi connectivity index (χ3v) is 6.65. The molecule has 188 valence electrons. The summed E-state index contributed by atoms with van der Waals surface area (Å²) in [7, 11) is 3.79. The lowest BCUT2D eigenvalue weighted by Gasteiger charge is -2.29. The van der Waals surface area contributed by atoms with E-state index in [9.17, 15) is 4.79 Å². The average Bonchev–Trinajstić information content (AvgIpc) is 3.47. The van der Waals surface area contributed by atoms with Gasteiger partial charge >= 0.3 is 0 Å². The third kappa shape index (κ3) is 4.91. The number of ether oxygens (including phenoxy) is 1. The van der Waals surface area contributed by atoms with Gasteiger partial charge in [-0.05, 0) is 63.8 Å². The Morgan fingerprint density at radius 2 is 1.86 bits per heavy atom. The average molecular weight is 488 g/mol. The summed E-state index contributed by atoms with van der Waals surface area (Å²) in [5, 5.41) is 16.5. The number of rotatable bonds is 7. The van der Waals surface area contributed by atoms with Crippen LogP contribution >= 0.6 is 0 Å². The Morgan fingerprint density at radius 3 is 2.50 bits per heavy atom. The van der Waals surface area contributed by atoms with Crippen molar-refractivity contribution in [2.45, 2.75) is 57.7 Å². The van der Waals surface area contributed by atoms with Crippen LogP contribution in [0.3, 0.4) is 0 Å². The van der Waals surface area contributed by atoms with Gasteiger partial charge in [-0.3, -0.25) is 14.2 Å². The number of benzene rings is 1. The molecule has 5 rings (SSSR count). The van der Waals surface area contributed by atoms with E-state index < -0.39 is 0 Å². The molecule has 1 aliphatic rings. The summed E-state index contributed by atoms with van der Waals surface area (Å²) in [4.78, 5) is 16.7. The quantitative estimate of drug-likeness (QED) is 0.396. The number of hydrogen-bond donors (Lipinski definition) is 2. The largest absolute Gasteiger partial charge is 0.490 e. The fraction of sp³-hybridized carbons (Fsp3) is 0.407. The maximum Gasteiger partial charge on any atom is 0.251 e. The minimum atomic E-state index is -0.0641. The van der Waals surface area contributed by atoms with Crippen molar-refractivity contribution >= 4 is 22.6 Å². The number of nitrogens with zero attached hydrogens (tertiary/aromatic N) is 5. The normalized spacial score (nSPS) is 17.9. The molecule has 1 amide bonds. The molecule has 4 aromatic rings. The van der Waals surface area contributed by atoms with E-state index in [1.807, 2.05) is 70.8 Å². The molecule has 1 aromatic carbocycles. The number of anilines is 1. The van der Waals surface area contributed by atoms with E-state index in [1.165, 1.54) is 0 Å². The van der Waals surface area contributed by atoms with Crippen molar-refractivity contribution in [1.82, 2.24) is 29.9 Å². The van der Waals surface area contributed by atoms with Gasteiger partial charge in [0.25, 0.3) is 5.91 Å². The van der Waals surface area contributed by atoms with Gasteiger partial charge in [-0.2, -0.15) is 10.2 Å². The molecule has 36 heavy (non-hydrogen) atoms. The lowest BCUT2D eigenvalue weighted by molar-refractivity contribution is 0.0943. The van der Waals surface area contributed by atoms with E-state index in [0.717, 1.165) is 59.4 Å². The lowest BCUT2D eigenvalue weighted by atomic mass is 9.93. The molecule has 9 heteroatoms. The maximum absolute atomic E-state index is 12.2. The first-order valence-corrected chi connectivity index (χ1v) is 12.5. The second-order valence-corrected chi connectivity index (χ2v) is 9.73. The summed E-state index contributed by atoms with van der Waals surface area (Å²) in [6.45, 7) is 3.90. The number of nitrogens with one attached hydrogen (secondary N) is 2. The Balaban J connectivity index is 1.29. The fourth-order valence-corrected chi connectivity index (χ4v) is 4.83. The first-order chi connectivity index (χ1) is 17.4. The van der Waals surface area contributed by atoms with E-state index in [2.05, 4.69) is 31.5 Å². The molecular weight excluding hydrogens is 454 g/mol. The minimum Gasteiger partial charge on any atom is -0.490 e. The second kappa shape index (κ2) is 10.0. The van der Waals surface area contributed by atoms with Crippen LogP contribution in [0.15, 0.2) is 48.9 Å². The molecular formula is C27H33N7O2. The Kier molecular flexibility index (Phi) is 6.63. The van der Waals surface area contributed by atoms with Crippen molar-refractivity contribution in [3.63, 3.8) is 0 Å². The first kappa shape index (κ1) is 23.8. The van der Waals surface area contributed by atoms with Gasteiger partial charge in [0.1, 0.15) is 17.3 Å². The van der Waals surface area contributed by atoms with Gasteiger partial charge in [-0.15, -0.1) is 0 Å². The lowest BCUT2D eigenvalue weighted by Crippen LogP contribution is -2.30. The second-order valence-electron chi connectivity index (χ2n) is 9.73. The predicted molar refractivity (Wildman–Crippen MR) is 140 cm³/mol. The van der Waals surface area contributed by atoms with Crippen LogP contribution in [0.1, 0.15) is 55.9 Å². The number of pyridine rings is 1. The number of aryl methyl sites for hydroxylation is 1. The molecule has 1 saturated carbocycles. The number of carbonyl (C=O) groups excluding carboxylic acids is 1. The number of fused-ring (bicyclic) bond motifs is 1. The highest BCUT2D eigenvalue weighted by atomic mass is 16.5. The monoisotopic (exact) mass is 487 g/mol. The van der Waals surface area contributed by atoms with Crippen LogP contribution in [0.5, 0.6) is 5.75 Å². The molecule has 0 bridgehead atoms. The molecule has 0 spiro atoms. The van der Waals surface area contributed by atoms with E-state index in [0.29, 0.717) is 5.56 Å². The summed E-state index contributed by atoms with van der Waals surface area (Å²) in [6, 6.07) is 9.87. The van der Waals surface area contributed by atoms with Crippen molar-refractivity contribution in [2.75, 3.05) is 12.4 Å². The molecule has 0 atom stereocenters. The topological polar surface area (TPSA) is 98.9 Å². The van der Waals surface area contributed by atoms with Gasteiger partial charge in [0.2, 0.25) is 0 Å². The van der Waals surface area contributed by atoms with Crippen LogP contribution in [0.25, 0.3) is 22.2 Å². The number of amides is 1. The summed E-state index contributed by atoms with van der Waals surface area (Å²) >= 11 is 0. The SMILES string of the molecule is CNc1cc2c(cn1)c(-c1cnn(C)c1)nn2C1CCC(Oc2ccc(C(=O)NC(C)C)cc2)CC1. The number of carbonyl (C=O) groups is 1. The maximum atomic E-state index is 12.2. The van der Waals surface area contributed by atoms with E-state index in [-0.39, 0.29) is 24.1 Å². The van der Waals surface area contributed by atoms with E-state index in [4.69, 9.17) is 9.84 Å². The molecule has 2 N–H and O–H groups in total. The van der Waals surface area contributed by atoms with Crippen molar-refractivity contribution in [3.8, 4) is 17.0 Å². The Bertz CT molecular complexity index is 1350. The molecule has 0 aliphatic heterocycles. The highest BCUT2D eigenvalue weighted by Crippen LogP contribution is 2.36. The third-order valence-electron chi connectivity index (χ3n) is 6.65. The van der Waals surface area contributed by atoms with E-state index >= 15 is 0 Å². The van der Waals surface area contributed by atoms with Gasteiger partial charge in [0.05, 0.1) is 23.9 Å². The van der Waals surface area contributed by atoms with Crippen LogP contribution in [0.4, 0.5) is 5.82 Å². The Morgan fingerprint density at radius 1 is 1.11 bits per heavy atom. The zero-order valence-corrected chi connectivity index (χ0v) is 21.2. The molecule has 1 aliphatic carbocycles. The summed E-state index contributed by atoms with van der Waals surface area (Å²) in [5.41, 5.74) is 3.62. The smallest absolute Gasteiger partial charge is 0.251 e. The van der Waals surface area contributed by atoms with Crippen LogP contribution in [-0.4, -0.2) is 49.6 Å². The van der Waals surface area contributed by atoms with E-state index in [1.54, 1.807) is 4.68 Å². The van der Waals surface area contributed by atoms with Gasteiger partial charge in [0.15, 0.2) is 0 Å². The Labute approximate surface area is 210 Å². The van der Waals surface area contributed by atoms with Crippen LogP contribution < -0.4 is 15.4 Å². The summed E-state index contributed by atoms with van der Waals surface area (Å²) in [5.74, 6) is 1.56. The molecule has 0 radical (unpaired) electrons. The molecule has 0 unspecified atom stereocenters. The highest BCUT2D eigenvalue weighted by molar-refractivity contribution is 5.94. The van der Waals surface area contributed by atoms with Gasteiger partial charge in [-0.25, -0.2) is 4.98 Å². The molecule has 0 saturated heterocycles. The van der Waals surface area contributed by atoms with Crippen molar-refractivity contribution < 1.29 is 9.53 Å². The zero-order chi connectivity index (χ0) is 25.2. The molecule has 1 fully saturated rings. The molecule has 3 heterocycles. The first-order valence-electron chi connectivity index (χ1n) is 12.5. The van der Waals surface area contributed by atoms with Gasteiger partial charge in [0, 0.05) is 55.1 Å². The standard InChI is InChI=1S/C27H33N7O2/c1-17(2)31-27(35)18-5-9-21(10-6-18)36-22-11-7-20(8-12-22)34-24-13-25(28-3)29-15-23(24)26(32-34)19-14-30-33(4)16-19/h5-6,9-10,13-17,20,22H,7-8,11-12H2,1-4H3,(H,28,29)(H,31,35). The van der Waals surface area contributed by atoms with Crippen molar-refractivity contribution in [2.24, 2.45) is 7.05 Å². The van der Waals surface area contributed by atoms with Gasteiger partial charge in [-0.1, -0.05) is 0 Å². The summed E-state index contributed by atoms with van der Waals surface area (Å²) < 4.78 is 10.2. The van der Waals surface area contributed by atoms with Crippen molar-refractivity contribution in [1.29, 1.82) is 0 Å². The van der Waals surface area contributed by atoms with Crippen molar-refractivity contribution in [3.05, 3.63) is 54.5 Å². The highest BCUT2D eigenvalue weighted by Gasteiger charge is 2.27. The number of aromatic nitrogens is 5. The molecule has 3 aromatic heterocycles. The fourth-order valence-electron chi connectivity index (χ4n) is 4.83. The number of hydrogen-bond acceptors (Lipinski definition) is 6.